The van der Waals surface area contributed by atoms with E-state index in [9.17, 15) is 14.4 Å². The number of amides is 1. The molecule has 1 aromatic rings. The number of hydroxylamine groups is 2. The topological polar surface area (TPSA) is 81.4 Å². The number of rotatable bonds is 4. The number of carbonyl (C=O) groups excluding carboxylic acids is 1. The Morgan fingerprint density at radius 1 is 1.55 bits per heavy atom. The molecule has 0 fully saturated rings. The first-order chi connectivity index (χ1) is 9.47. The van der Waals surface area contributed by atoms with Crippen LogP contribution in [0.2, 0.25) is 0 Å². The monoisotopic (exact) mass is 340 g/mol. The maximum absolute atomic E-state index is 13.6. The lowest BCUT2D eigenvalue weighted by Gasteiger charge is -2.30. The fourth-order valence-electron chi connectivity index (χ4n) is 1.80. The highest BCUT2D eigenvalue weighted by Crippen LogP contribution is 2.21. The van der Waals surface area contributed by atoms with Crippen LogP contribution in [0.25, 0.3) is 0 Å². The van der Waals surface area contributed by atoms with Crippen LogP contribution in [0.1, 0.15) is 0 Å². The Kier molecular flexibility index (Phi) is 4.41. The number of nitrogens with two attached hydrogens (primary N) is 1. The van der Waals surface area contributed by atoms with Gasteiger partial charge >= 0.3 is 0 Å². The smallest absolute Gasteiger partial charge is 0.250 e. The van der Waals surface area contributed by atoms with E-state index in [1.165, 1.54) is 6.07 Å². The summed E-state index contributed by atoms with van der Waals surface area (Å²) in [6, 6.07) is 4.61. The molecule has 0 spiro atoms. The van der Waals surface area contributed by atoms with Crippen LogP contribution >= 0.6 is 15.9 Å². The summed E-state index contributed by atoms with van der Waals surface area (Å²) >= 11 is 3.17. The summed E-state index contributed by atoms with van der Waals surface area (Å²) in [7, 11) is 0. The number of nitrogens with zero attached hydrogens (tertiary/aromatic N) is 1. The second kappa shape index (κ2) is 6.06. The molecule has 0 radical (unpaired) electrons. The van der Waals surface area contributed by atoms with Gasteiger partial charge in [0.05, 0.1) is 11.3 Å². The van der Waals surface area contributed by atoms with E-state index in [1.54, 1.807) is 18.2 Å². The SMILES string of the molecule is NC(=O)C1=CN([O-])CC=C1CNc1ccc(Br)cc1F. The summed E-state index contributed by atoms with van der Waals surface area (Å²) in [6.07, 6.45) is 2.74. The molecule has 1 amide bonds. The van der Waals surface area contributed by atoms with Gasteiger partial charge < -0.3 is 21.3 Å². The molecular weight excluding hydrogens is 329 g/mol. The molecule has 20 heavy (non-hydrogen) atoms. The van der Waals surface area contributed by atoms with Crippen LogP contribution in [0.5, 0.6) is 0 Å². The quantitative estimate of drug-likeness (QED) is 0.879. The molecule has 2 rings (SSSR count). The van der Waals surface area contributed by atoms with Gasteiger partial charge in [-0.1, -0.05) is 22.0 Å². The molecule has 3 N–H and O–H groups in total. The average molecular weight is 341 g/mol. The first-order valence-electron chi connectivity index (χ1n) is 5.81. The number of primary amides is 1. The fraction of sp³-hybridized carbons (Fsp3) is 0.154. The molecule has 0 saturated heterocycles. The van der Waals surface area contributed by atoms with Crippen LogP contribution in [0.3, 0.4) is 0 Å². The predicted molar refractivity (Wildman–Crippen MR) is 78.0 cm³/mol. The maximum atomic E-state index is 13.6. The van der Waals surface area contributed by atoms with E-state index >= 15 is 0 Å². The molecule has 7 heteroatoms. The van der Waals surface area contributed by atoms with E-state index in [1.807, 2.05) is 0 Å². The van der Waals surface area contributed by atoms with Crippen molar-refractivity contribution in [2.75, 3.05) is 18.4 Å². The molecule has 0 aliphatic carbocycles. The van der Waals surface area contributed by atoms with Crippen molar-refractivity contribution >= 4 is 27.5 Å². The minimum absolute atomic E-state index is 0.135. The normalized spacial score (nSPS) is 14.7. The molecule has 0 unspecified atom stereocenters. The number of nitrogens with one attached hydrogen (secondary N) is 1. The highest BCUT2D eigenvalue weighted by molar-refractivity contribution is 9.10. The maximum Gasteiger partial charge on any atom is 0.250 e. The summed E-state index contributed by atoms with van der Waals surface area (Å²) in [5.74, 6) is -1.10. The van der Waals surface area contributed by atoms with Gasteiger partial charge in [0, 0.05) is 23.8 Å². The van der Waals surface area contributed by atoms with Crippen molar-refractivity contribution in [2.24, 2.45) is 5.73 Å². The van der Waals surface area contributed by atoms with E-state index in [0.717, 1.165) is 6.20 Å². The lowest BCUT2D eigenvalue weighted by Crippen LogP contribution is -2.26. The zero-order valence-corrected chi connectivity index (χ0v) is 12.0. The standard InChI is InChI=1S/C13H12BrFN3O2/c14-9-1-2-12(11(15)5-9)17-6-8-3-4-18(20)7-10(8)13(16)19/h1-3,5,7,17H,4,6H2,(H2,16,19)/q-1. The first kappa shape index (κ1) is 14.5. The van der Waals surface area contributed by atoms with Crippen molar-refractivity contribution < 1.29 is 9.18 Å². The Morgan fingerprint density at radius 3 is 2.95 bits per heavy atom. The Hall–Kier alpha value is -1.86. The minimum Gasteiger partial charge on any atom is -0.758 e. The summed E-state index contributed by atoms with van der Waals surface area (Å²) < 4.78 is 14.3. The average Bonchev–Trinajstić information content (AvgIpc) is 2.38. The van der Waals surface area contributed by atoms with E-state index in [-0.39, 0.29) is 18.7 Å². The van der Waals surface area contributed by atoms with E-state index in [4.69, 9.17) is 5.73 Å². The van der Waals surface area contributed by atoms with E-state index < -0.39 is 11.7 Å². The van der Waals surface area contributed by atoms with Crippen molar-refractivity contribution in [2.45, 2.75) is 0 Å². The van der Waals surface area contributed by atoms with Gasteiger partial charge in [-0.2, -0.15) is 0 Å². The number of anilines is 1. The van der Waals surface area contributed by atoms with Gasteiger partial charge in [-0.15, -0.1) is 0 Å². The van der Waals surface area contributed by atoms with Crippen molar-refractivity contribution in [3.05, 3.63) is 57.1 Å². The summed E-state index contributed by atoms with van der Waals surface area (Å²) in [5, 5.41) is 14.7. The number of hydrogen-bond donors (Lipinski definition) is 2. The van der Waals surface area contributed by atoms with E-state index in [2.05, 4.69) is 21.2 Å². The molecular formula is C13H12BrFN3O2-. The zero-order valence-electron chi connectivity index (χ0n) is 10.4. The molecule has 0 atom stereocenters. The molecule has 0 saturated carbocycles. The Morgan fingerprint density at radius 2 is 2.30 bits per heavy atom. The Bertz CT molecular complexity index is 601. The predicted octanol–water partition coefficient (Wildman–Crippen LogP) is 2.11. The molecule has 1 aromatic carbocycles. The molecule has 5 nitrogen and oxygen atoms in total. The molecule has 0 aromatic heterocycles. The van der Waals surface area contributed by atoms with Gasteiger partial charge in [0.1, 0.15) is 5.82 Å². The van der Waals surface area contributed by atoms with Crippen LogP contribution in [-0.4, -0.2) is 24.1 Å². The Balaban J connectivity index is 2.10. The molecule has 1 aliphatic heterocycles. The van der Waals surface area contributed by atoms with Crippen LogP contribution in [0.4, 0.5) is 10.1 Å². The highest BCUT2D eigenvalue weighted by atomic mass is 79.9. The number of carbonyl (C=O) groups is 1. The van der Waals surface area contributed by atoms with E-state index in [0.29, 0.717) is 20.8 Å². The van der Waals surface area contributed by atoms with Gasteiger partial charge in [-0.25, -0.2) is 4.39 Å². The second-order valence-corrected chi connectivity index (χ2v) is 5.13. The molecule has 1 heterocycles. The van der Waals surface area contributed by atoms with Crippen LogP contribution < -0.4 is 11.1 Å². The third-order valence-electron chi connectivity index (χ3n) is 2.80. The largest absolute Gasteiger partial charge is 0.758 e. The first-order valence-corrected chi connectivity index (χ1v) is 6.60. The minimum atomic E-state index is -0.685. The molecule has 1 aliphatic rings. The molecule has 106 valence electrons. The highest BCUT2D eigenvalue weighted by Gasteiger charge is 2.15. The Labute approximate surface area is 123 Å². The number of halogens is 2. The molecule has 0 bridgehead atoms. The third-order valence-corrected chi connectivity index (χ3v) is 3.30. The van der Waals surface area contributed by atoms with Crippen molar-refractivity contribution in [3.63, 3.8) is 0 Å². The van der Waals surface area contributed by atoms with Crippen molar-refractivity contribution in [3.8, 4) is 0 Å². The van der Waals surface area contributed by atoms with Crippen LogP contribution in [-0.2, 0) is 4.79 Å². The van der Waals surface area contributed by atoms with Crippen molar-refractivity contribution in [1.82, 2.24) is 5.06 Å². The third kappa shape index (κ3) is 3.37. The lowest BCUT2D eigenvalue weighted by atomic mass is 10.0. The number of benzene rings is 1. The summed E-state index contributed by atoms with van der Waals surface area (Å²) in [4.78, 5) is 11.3. The number of hydrogen-bond acceptors (Lipinski definition) is 4. The van der Waals surface area contributed by atoms with Crippen LogP contribution in [0.15, 0.2) is 46.1 Å². The zero-order chi connectivity index (χ0) is 14.7. The van der Waals surface area contributed by atoms with Gasteiger partial charge in [-0.05, 0) is 23.8 Å². The van der Waals surface area contributed by atoms with Gasteiger partial charge in [0.15, 0.2) is 0 Å². The lowest BCUT2D eigenvalue weighted by molar-refractivity contribution is -0.114. The van der Waals surface area contributed by atoms with Crippen molar-refractivity contribution in [1.29, 1.82) is 0 Å². The van der Waals surface area contributed by atoms with Gasteiger partial charge in [0.25, 0.3) is 0 Å². The van der Waals surface area contributed by atoms with Gasteiger partial charge in [0.2, 0.25) is 5.91 Å². The van der Waals surface area contributed by atoms with Gasteiger partial charge in [-0.3, -0.25) is 4.79 Å². The summed E-state index contributed by atoms with van der Waals surface area (Å²) in [6.45, 7) is 0.345. The van der Waals surface area contributed by atoms with Crippen LogP contribution in [0, 0.1) is 11.0 Å². The summed E-state index contributed by atoms with van der Waals surface area (Å²) in [5.41, 5.74) is 6.24. The second-order valence-electron chi connectivity index (χ2n) is 4.21. The fourth-order valence-corrected chi connectivity index (χ4v) is 2.14.